The number of hydrogen-bond acceptors (Lipinski definition) is 4. The fourth-order valence-electron chi connectivity index (χ4n) is 2.44. The number of aromatic nitrogens is 1. The van der Waals surface area contributed by atoms with Crippen LogP contribution in [0, 0.1) is 0 Å². The highest BCUT2D eigenvalue weighted by Crippen LogP contribution is 2.30. The summed E-state index contributed by atoms with van der Waals surface area (Å²) in [5.74, 6) is 0.674. The Hall–Kier alpha value is -1.24. The molecule has 0 saturated carbocycles. The van der Waals surface area contributed by atoms with Gasteiger partial charge in [-0.25, -0.2) is 4.98 Å². The highest BCUT2D eigenvalue weighted by molar-refractivity contribution is 8.00. The van der Waals surface area contributed by atoms with E-state index in [0.29, 0.717) is 27.4 Å². The molecular formula is C20H17Cl3N2OS2. The molecule has 1 heterocycles. The molecular weight excluding hydrogens is 455 g/mol. The Labute approximate surface area is 187 Å². The normalized spacial score (nSPS) is 10.8. The van der Waals surface area contributed by atoms with Gasteiger partial charge in [-0.3, -0.25) is 4.79 Å². The molecule has 0 aliphatic carbocycles. The van der Waals surface area contributed by atoms with E-state index in [2.05, 4.69) is 10.3 Å². The monoisotopic (exact) mass is 470 g/mol. The van der Waals surface area contributed by atoms with Crippen LogP contribution in [0.2, 0.25) is 15.1 Å². The van der Waals surface area contributed by atoms with Gasteiger partial charge in [0.15, 0.2) is 0 Å². The first-order valence-electron chi connectivity index (χ1n) is 8.52. The van der Waals surface area contributed by atoms with Crippen LogP contribution in [-0.4, -0.2) is 17.4 Å². The average Bonchev–Trinajstić information content (AvgIpc) is 3.10. The number of amides is 1. The van der Waals surface area contributed by atoms with Crippen molar-refractivity contribution in [2.24, 2.45) is 0 Å². The largest absolute Gasteiger partial charge is 0.355 e. The van der Waals surface area contributed by atoms with Gasteiger partial charge >= 0.3 is 0 Å². The van der Waals surface area contributed by atoms with Gasteiger partial charge in [-0.05, 0) is 41.8 Å². The van der Waals surface area contributed by atoms with E-state index in [4.69, 9.17) is 34.8 Å². The SMILES string of the molecule is O=C(Cc1csc(SCc2ccc(Cl)cc2Cl)n1)NCCc1ccc(Cl)cc1. The maximum atomic E-state index is 12.1. The van der Waals surface area contributed by atoms with E-state index in [1.807, 2.05) is 41.8 Å². The summed E-state index contributed by atoms with van der Waals surface area (Å²) >= 11 is 21.1. The molecule has 0 bridgehead atoms. The first kappa shape index (κ1) is 21.5. The van der Waals surface area contributed by atoms with Gasteiger partial charge in [0, 0.05) is 32.7 Å². The molecule has 3 rings (SSSR count). The van der Waals surface area contributed by atoms with Crippen LogP contribution < -0.4 is 5.32 Å². The Balaban J connectivity index is 1.43. The van der Waals surface area contributed by atoms with Crippen LogP contribution in [0.1, 0.15) is 16.8 Å². The van der Waals surface area contributed by atoms with Crippen molar-refractivity contribution in [3.63, 3.8) is 0 Å². The number of thioether (sulfide) groups is 1. The van der Waals surface area contributed by atoms with Gasteiger partial charge in [0.05, 0.1) is 12.1 Å². The number of benzene rings is 2. The topological polar surface area (TPSA) is 42.0 Å². The number of nitrogens with one attached hydrogen (secondary N) is 1. The van der Waals surface area contributed by atoms with Crippen LogP contribution in [0.25, 0.3) is 0 Å². The highest BCUT2D eigenvalue weighted by Gasteiger charge is 2.09. The molecule has 3 nitrogen and oxygen atoms in total. The molecule has 0 radical (unpaired) electrons. The summed E-state index contributed by atoms with van der Waals surface area (Å²) in [5, 5.41) is 6.84. The van der Waals surface area contributed by atoms with Crippen molar-refractivity contribution in [3.8, 4) is 0 Å². The maximum absolute atomic E-state index is 12.1. The zero-order valence-corrected chi connectivity index (χ0v) is 18.7. The summed E-state index contributed by atoms with van der Waals surface area (Å²) < 4.78 is 0.912. The first-order valence-corrected chi connectivity index (χ1v) is 11.5. The molecule has 2 aromatic carbocycles. The summed E-state index contributed by atoms with van der Waals surface area (Å²) in [6.45, 7) is 0.585. The molecule has 0 aliphatic rings. The minimum Gasteiger partial charge on any atom is -0.355 e. The number of hydrogen-bond donors (Lipinski definition) is 1. The first-order chi connectivity index (χ1) is 13.5. The lowest BCUT2D eigenvalue weighted by Gasteiger charge is -2.04. The third kappa shape index (κ3) is 6.68. The van der Waals surface area contributed by atoms with Crippen LogP contribution in [0.4, 0.5) is 0 Å². The van der Waals surface area contributed by atoms with Gasteiger partial charge in [-0.2, -0.15) is 0 Å². The van der Waals surface area contributed by atoms with Crippen LogP contribution in [0.5, 0.6) is 0 Å². The van der Waals surface area contributed by atoms with E-state index in [9.17, 15) is 4.79 Å². The van der Waals surface area contributed by atoms with Gasteiger partial charge in [0.2, 0.25) is 5.91 Å². The van der Waals surface area contributed by atoms with Gasteiger partial charge in [-0.1, -0.05) is 64.8 Å². The quantitative estimate of drug-likeness (QED) is 0.392. The summed E-state index contributed by atoms with van der Waals surface area (Å²) in [4.78, 5) is 16.6. The molecule has 0 spiro atoms. The predicted molar refractivity (Wildman–Crippen MR) is 120 cm³/mol. The van der Waals surface area contributed by atoms with Crippen LogP contribution in [-0.2, 0) is 23.4 Å². The van der Waals surface area contributed by atoms with Gasteiger partial charge in [-0.15, -0.1) is 11.3 Å². The fourth-order valence-corrected chi connectivity index (χ4v) is 4.97. The Morgan fingerprint density at radius 1 is 1.07 bits per heavy atom. The van der Waals surface area contributed by atoms with Gasteiger partial charge in [0.1, 0.15) is 4.34 Å². The third-order valence-corrected chi connectivity index (χ3v) is 6.85. The lowest BCUT2D eigenvalue weighted by molar-refractivity contribution is -0.120. The summed E-state index contributed by atoms with van der Waals surface area (Å²) in [5.41, 5.74) is 2.92. The third-order valence-electron chi connectivity index (χ3n) is 3.89. The van der Waals surface area contributed by atoms with Crippen molar-refractivity contribution >= 4 is 63.8 Å². The van der Waals surface area contributed by atoms with Crippen LogP contribution in [0.3, 0.4) is 0 Å². The van der Waals surface area contributed by atoms with E-state index in [0.717, 1.165) is 27.6 Å². The lowest BCUT2D eigenvalue weighted by atomic mass is 10.1. The lowest BCUT2D eigenvalue weighted by Crippen LogP contribution is -2.27. The summed E-state index contributed by atoms with van der Waals surface area (Å²) in [6, 6.07) is 13.1. The highest BCUT2D eigenvalue weighted by atomic mass is 35.5. The van der Waals surface area contributed by atoms with Crippen molar-refractivity contribution in [1.29, 1.82) is 0 Å². The van der Waals surface area contributed by atoms with E-state index < -0.39 is 0 Å². The minimum absolute atomic E-state index is 0.0310. The molecule has 0 saturated heterocycles. The zero-order valence-electron chi connectivity index (χ0n) is 14.8. The van der Waals surface area contributed by atoms with E-state index in [1.54, 1.807) is 17.8 Å². The maximum Gasteiger partial charge on any atom is 0.226 e. The van der Waals surface area contributed by atoms with E-state index in [1.165, 1.54) is 11.3 Å². The molecule has 1 N–H and O–H groups in total. The Kier molecular flexibility index (Phi) is 8.06. The number of rotatable bonds is 8. The van der Waals surface area contributed by atoms with Crippen molar-refractivity contribution in [3.05, 3.63) is 79.7 Å². The summed E-state index contributed by atoms with van der Waals surface area (Å²) in [7, 11) is 0. The molecule has 146 valence electrons. The average molecular weight is 472 g/mol. The van der Waals surface area contributed by atoms with Gasteiger partial charge < -0.3 is 5.32 Å². The van der Waals surface area contributed by atoms with Gasteiger partial charge in [0.25, 0.3) is 0 Å². The number of nitrogens with zero attached hydrogens (tertiary/aromatic N) is 1. The number of carbonyl (C=O) groups excluding carboxylic acids is 1. The van der Waals surface area contributed by atoms with Crippen molar-refractivity contribution in [1.82, 2.24) is 10.3 Å². The fraction of sp³-hybridized carbons (Fsp3) is 0.200. The Morgan fingerprint density at radius 2 is 1.82 bits per heavy atom. The second-order valence-corrected chi connectivity index (χ2v) is 9.39. The van der Waals surface area contributed by atoms with Crippen molar-refractivity contribution in [2.45, 2.75) is 22.9 Å². The Bertz CT molecular complexity index is 945. The van der Waals surface area contributed by atoms with Crippen molar-refractivity contribution < 1.29 is 4.79 Å². The second kappa shape index (κ2) is 10.5. The van der Waals surface area contributed by atoms with E-state index in [-0.39, 0.29) is 12.3 Å². The molecule has 28 heavy (non-hydrogen) atoms. The smallest absolute Gasteiger partial charge is 0.226 e. The standard InChI is InChI=1S/C20H17Cl3N2OS2/c21-15-4-1-13(2-5-15)7-8-24-19(26)10-17-12-28-20(25-17)27-11-14-3-6-16(22)9-18(14)23/h1-6,9,12H,7-8,10-11H2,(H,24,26). The van der Waals surface area contributed by atoms with Crippen molar-refractivity contribution in [2.75, 3.05) is 6.54 Å². The molecule has 0 unspecified atom stereocenters. The number of carbonyl (C=O) groups is 1. The molecule has 8 heteroatoms. The minimum atomic E-state index is -0.0310. The van der Waals surface area contributed by atoms with Crippen LogP contribution >= 0.6 is 57.9 Å². The molecule has 0 atom stereocenters. The zero-order chi connectivity index (χ0) is 19.9. The number of thiazole rings is 1. The number of halogens is 3. The molecule has 1 amide bonds. The van der Waals surface area contributed by atoms with E-state index >= 15 is 0 Å². The second-order valence-electron chi connectivity index (χ2n) is 6.03. The molecule has 1 aromatic heterocycles. The van der Waals surface area contributed by atoms with Crippen LogP contribution in [0.15, 0.2) is 52.2 Å². The predicted octanol–water partition coefficient (Wildman–Crippen LogP) is 6.30. The Morgan fingerprint density at radius 3 is 2.57 bits per heavy atom. The molecule has 3 aromatic rings. The molecule has 0 fully saturated rings. The molecule has 0 aliphatic heterocycles. The summed E-state index contributed by atoms with van der Waals surface area (Å²) in [6.07, 6.45) is 1.04.